The highest BCUT2D eigenvalue weighted by molar-refractivity contribution is 9.10. The number of aromatic nitrogens is 1. The summed E-state index contributed by atoms with van der Waals surface area (Å²) in [5.74, 6) is 0.119. The number of benzene rings is 1. The molecule has 110 valence electrons. The predicted octanol–water partition coefficient (Wildman–Crippen LogP) is 4.07. The Hall–Kier alpha value is -1.55. The van der Waals surface area contributed by atoms with Crippen LogP contribution in [0.2, 0.25) is 0 Å². The van der Waals surface area contributed by atoms with E-state index in [0.29, 0.717) is 0 Å². The smallest absolute Gasteiger partial charge is 0.271 e. The fourth-order valence-electron chi connectivity index (χ4n) is 3.18. The van der Waals surface area contributed by atoms with Crippen LogP contribution in [0, 0.1) is 6.92 Å². The standard InChI is InChI=1S/C17H19BrN2O/c1-12-6-3-4-7-14(12)15-8-5-9-20(15)17(21)16-10-13(18)11-19(16)2/h3-4,6-7,10-11,15H,5,8-9H2,1-2H3. The maximum absolute atomic E-state index is 12.9. The number of hydrogen-bond donors (Lipinski definition) is 0. The van der Waals surface area contributed by atoms with E-state index in [1.54, 1.807) is 0 Å². The Morgan fingerprint density at radius 1 is 1.33 bits per heavy atom. The molecule has 0 N–H and O–H groups in total. The predicted molar refractivity (Wildman–Crippen MR) is 87.3 cm³/mol. The lowest BCUT2D eigenvalue weighted by Crippen LogP contribution is -2.32. The second kappa shape index (κ2) is 5.68. The first kappa shape index (κ1) is 14.4. The maximum Gasteiger partial charge on any atom is 0.271 e. The highest BCUT2D eigenvalue weighted by Crippen LogP contribution is 2.35. The molecule has 0 aliphatic carbocycles. The van der Waals surface area contributed by atoms with Crippen molar-refractivity contribution in [2.75, 3.05) is 6.54 Å². The minimum absolute atomic E-state index is 0.119. The van der Waals surface area contributed by atoms with Crippen LogP contribution in [0.1, 0.15) is 40.5 Å². The van der Waals surface area contributed by atoms with E-state index in [4.69, 9.17) is 0 Å². The second-order valence-corrected chi connectivity index (χ2v) is 6.58. The molecule has 1 atom stereocenters. The topological polar surface area (TPSA) is 25.2 Å². The fraction of sp³-hybridized carbons (Fsp3) is 0.353. The Labute approximate surface area is 133 Å². The highest BCUT2D eigenvalue weighted by Gasteiger charge is 2.32. The summed E-state index contributed by atoms with van der Waals surface area (Å²) in [6.07, 6.45) is 4.03. The normalized spacial score (nSPS) is 18.2. The molecule has 1 saturated heterocycles. The first-order chi connectivity index (χ1) is 10.1. The Kier molecular flexibility index (Phi) is 3.89. The number of likely N-dealkylation sites (tertiary alicyclic amines) is 1. The summed E-state index contributed by atoms with van der Waals surface area (Å²) in [5.41, 5.74) is 3.27. The van der Waals surface area contributed by atoms with Crippen molar-refractivity contribution in [3.63, 3.8) is 0 Å². The van der Waals surface area contributed by atoms with Crippen LogP contribution in [0.4, 0.5) is 0 Å². The number of rotatable bonds is 2. The van der Waals surface area contributed by atoms with Gasteiger partial charge in [-0.15, -0.1) is 0 Å². The van der Waals surface area contributed by atoms with Gasteiger partial charge in [0.25, 0.3) is 5.91 Å². The first-order valence-electron chi connectivity index (χ1n) is 7.26. The third-order valence-electron chi connectivity index (χ3n) is 4.25. The lowest BCUT2D eigenvalue weighted by atomic mass is 9.99. The number of aryl methyl sites for hydroxylation is 2. The molecule has 21 heavy (non-hydrogen) atoms. The Morgan fingerprint density at radius 2 is 2.10 bits per heavy atom. The average Bonchev–Trinajstić information content (AvgIpc) is 3.05. The quantitative estimate of drug-likeness (QED) is 0.804. The second-order valence-electron chi connectivity index (χ2n) is 5.67. The number of halogens is 1. The van der Waals surface area contributed by atoms with Crippen LogP contribution < -0.4 is 0 Å². The van der Waals surface area contributed by atoms with Crippen molar-refractivity contribution in [1.29, 1.82) is 0 Å². The SMILES string of the molecule is Cc1ccccc1C1CCCN1C(=O)c1cc(Br)cn1C. The van der Waals surface area contributed by atoms with Gasteiger partial charge in [0, 0.05) is 24.3 Å². The molecule has 0 spiro atoms. The van der Waals surface area contributed by atoms with Crippen LogP contribution in [-0.2, 0) is 7.05 Å². The molecule has 1 aromatic heterocycles. The lowest BCUT2D eigenvalue weighted by molar-refractivity contribution is 0.0725. The summed E-state index contributed by atoms with van der Waals surface area (Å²) in [7, 11) is 1.91. The lowest BCUT2D eigenvalue weighted by Gasteiger charge is -2.26. The molecule has 0 saturated carbocycles. The Morgan fingerprint density at radius 3 is 2.76 bits per heavy atom. The van der Waals surface area contributed by atoms with Crippen molar-refractivity contribution in [3.8, 4) is 0 Å². The molecule has 1 aliphatic heterocycles. The number of amides is 1. The van der Waals surface area contributed by atoms with E-state index in [1.807, 2.05) is 34.8 Å². The van der Waals surface area contributed by atoms with Crippen molar-refractivity contribution < 1.29 is 4.79 Å². The van der Waals surface area contributed by atoms with E-state index >= 15 is 0 Å². The van der Waals surface area contributed by atoms with E-state index in [0.717, 1.165) is 29.6 Å². The minimum atomic E-state index is 0.119. The third-order valence-corrected chi connectivity index (χ3v) is 4.69. The molecule has 2 heterocycles. The van der Waals surface area contributed by atoms with Gasteiger partial charge in [-0.1, -0.05) is 24.3 Å². The number of carbonyl (C=O) groups is 1. The van der Waals surface area contributed by atoms with Crippen molar-refractivity contribution in [2.45, 2.75) is 25.8 Å². The number of nitrogens with zero attached hydrogens (tertiary/aromatic N) is 2. The molecular formula is C17H19BrN2O. The molecule has 1 aromatic carbocycles. The van der Waals surface area contributed by atoms with Gasteiger partial charge in [0.15, 0.2) is 0 Å². The van der Waals surface area contributed by atoms with E-state index in [2.05, 4.69) is 41.1 Å². The average molecular weight is 347 g/mol. The Bertz CT molecular complexity index is 677. The van der Waals surface area contributed by atoms with Gasteiger partial charge in [-0.25, -0.2) is 0 Å². The molecule has 3 rings (SSSR count). The van der Waals surface area contributed by atoms with Gasteiger partial charge in [0.1, 0.15) is 5.69 Å². The van der Waals surface area contributed by atoms with Crippen LogP contribution >= 0.6 is 15.9 Å². The number of carbonyl (C=O) groups excluding carboxylic acids is 1. The van der Waals surface area contributed by atoms with E-state index in [9.17, 15) is 4.79 Å². The van der Waals surface area contributed by atoms with Crippen LogP contribution in [0.15, 0.2) is 41.0 Å². The van der Waals surface area contributed by atoms with Crippen molar-refractivity contribution in [2.24, 2.45) is 7.05 Å². The van der Waals surface area contributed by atoms with Gasteiger partial charge in [0.05, 0.1) is 6.04 Å². The van der Waals surface area contributed by atoms with Crippen LogP contribution in [0.5, 0.6) is 0 Å². The molecule has 3 nitrogen and oxygen atoms in total. The molecule has 1 amide bonds. The minimum Gasteiger partial charge on any atom is -0.345 e. The van der Waals surface area contributed by atoms with Gasteiger partial charge >= 0.3 is 0 Å². The number of hydrogen-bond acceptors (Lipinski definition) is 1. The van der Waals surface area contributed by atoms with Gasteiger partial charge in [-0.05, 0) is 52.9 Å². The fourth-order valence-corrected chi connectivity index (χ4v) is 3.70. The summed E-state index contributed by atoms with van der Waals surface area (Å²) in [6, 6.07) is 10.5. The van der Waals surface area contributed by atoms with Crippen LogP contribution in [0.3, 0.4) is 0 Å². The molecule has 0 radical (unpaired) electrons. The van der Waals surface area contributed by atoms with E-state index in [1.165, 1.54) is 11.1 Å². The third kappa shape index (κ3) is 2.64. The van der Waals surface area contributed by atoms with Gasteiger partial charge in [-0.2, -0.15) is 0 Å². The monoisotopic (exact) mass is 346 g/mol. The summed E-state index contributed by atoms with van der Waals surface area (Å²) in [4.78, 5) is 14.9. The van der Waals surface area contributed by atoms with Crippen molar-refractivity contribution >= 4 is 21.8 Å². The molecule has 1 aliphatic rings. The molecule has 4 heteroatoms. The maximum atomic E-state index is 12.9. The van der Waals surface area contributed by atoms with Crippen molar-refractivity contribution in [3.05, 3.63) is 57.8 Å². The first-order valence-corrected chi connectivity index (χ1v) is 8.05. The summed E-state index contributed by atoms with van der Waals surface area (Å²) >= 11 is 3.44. The van der Waals surface area contributed by atoms with Crippen molar-refractivity contribution in [1.82, 2.24) is 9.47 Å². The zero-order valence-corrected chi connectivity index (χ0v) is 13.9. The van der Waals surface area contributed by atoms with E-state index in [-0.39, 0.29) is 11.9 Å². The molecule has 0 bridgehead atoms. The Balaban J connectivity index is 1.93. The summed E-state index contributed by atoms with van der Waals surface area (Å²) < 4.78 is 2.83. The molecule has 2 aromatic rings. The zero-order valence-electron chi connectivity index (χ0n) is 12.3. The molecule has 1 fully saturated rings. The largest absolute Gasteiger partial charge is 0.345 e. The summed E-state index contributed by atoms with van der Waals surface area (Å²) in [5, 5.41) is 0. The molecular weight excluding hydrogens is 328 g/mol. The summed E-state index contributed by atoms with van der Waals surface area (Å²) in [6.45, 7) is 2.95. The van der Waals surface area contributed by atoms with Gasteiger partial charge < -0.3 is 9.47 Å². The van der Waals surface area contributed by atoms with Gasteiger partial charge in [0.2, 0.25) is 0 Å². The highest BCUT2D eigenvalue weighted by atomic mass is 79.9. The molecule has 1 unspecified atom stereocenters. The van der Waals surface area contributed by atoms with Crippen LogP contribution in [0.25, 0.3) is 0 Å². The van der Waals surface area contributed by atoms with E-state index < -0.39 is 0 Å². The zero-order chi connectivity index (χ0) is 15.0. The van der Waals surface area contributed by atoms with Gasteiger partial charge in [-0.3, -0.25) is 4.79 Å². The van der Waals surface area contributed by atoms with Crippen LogP contribution in [-0.4, -0.2) is 21.9 Å².